The number of aromatic nitrogens is 3. The number of hydrogen-bond acceptors (Lipinski definition) is 6. The fourth-order valence-corrected chi connectivity index (χ4v) is 3.67. The minimum Gasteiger partial charge on any atom is -0.424 e. The maximum atomic E-state index is 5.96. The molecule has 0 fully saturated rings. The highest BCUT2D eigenvalue weighted by molar-refractivity contribution is 5.54. The lowest BCUT2D eigenvalue weighted by molar-refractivity contribution is 0.362. The van der Waals surface area contributed by atoms with Crippen molar-refractivity contribution < 1.29 is 14.2 Å². The molecule has 0 saturated heterocycles. The molecule has 1 heterocycles. The molecule has 0 spiro atoms. The Labute approximate surface area is 230 Å². The van der Waals surface area contributed by atoms with E-state index in [0.717, 1.165) is 16.7 Å². The van der Waals surface area contributed by atoms with Crippen LogP contribution in [0.15, 0.2) is 89.5 Å². The van der Waals surface area contributed by atoms with E-state index in [2.05, 4.69) is 74.7 Å². The molecule has 0 aliphatic rings. The minimum atomic E-state index is 0.0623. The normalized spacial score (nSPS) is 10.3. The smallest absolute Gasteiger partial charge is 0.331 e. The van der Waals surface area contributed by atoms with E-state index in [-0.39, 0.29) is 18.0 Å². The zero-order chi connectivity index (χ0) is 27.8. The van der Waals surface area contributed by atoms with Gasteiger partial charge in [-0.25, -0.2) is 0 Å². The molecular weight excluding hydrogens is 486 g/mol. The lowest BCUT2D eigenvalue weighted by Crippen LogP contribution is -2.01. The topological polar surface area (TPSA) is 66.4 Å². The molecular formula is C33H33N3O3. The molecule has 198 valence electrons. The summed E-state index contributed by atoms with van der Waals surface area (Å²) in [6.45, 7) is 12.3. The van der Waals surface area contributed by atoms with Gasteiger partial charge in [-0.2, -0.15) is 0 Å². The second kappa shape index (κ2) is 12.7. The SMILES string of the molecule is CC(C)=Cc1ccc(Oc2nc(Oc3ccc(C=C(C)C)cc3)nc(Oc3ccc(C=C(C)C)cc3)n2)cc1. The molecule has 0 bridgehead atoms. The van der Waals surface area contributed by atoms with Crippen LogP contribution in [0.3, 0.4) is 0 Å². The molecule has 6 heteroatoms. The third-order valence-corrected chi connectivity index (χ3v) is 5.21. The monoisotopic (exact) mass is 519 g/mol. The highest BCUT2D eigenvalue weighted by atomic mass is 16.5. The Morgan fingerprint density at radius 2 is 0.641 bits per heavy atom. The molecule has 4 rings (SSSR count). The van der Waals surface area contributed by atoms with E-state index >= 15 is 0 Å². The van der Waals surface area contributed by atoms with Gasteiger partial charge in [-0.3, -0.25) is 0 Å². The first kappa shape index (κ1) is 27.3. The molecule has 39 heavy (non-hydrogen) atoms. The summed E-state index contributed by atoms with van der Waals surface area (Å²) in [6, 6.07) is 23.2. The van der Waals surface area contributed by atoms with Crippen LogP contribution in [0.5, 0.6) is 35.3 Å². The highest BCUT2D eigenvalue weighted by Gasteiger charge is 2.13. The van der Waals surface area contributed by atoms with Gasteiger partial charge in [0.25, 0.3) is 0 Å². The van der Waals surface area contributed by atoms with Crippen molar-refractivity contribution in [2.45, 2.75) is 41.5 Å². The average molecular weight is 520 g/mol. The molecule has 0 N–H and O–H groups in total. The highest BCUT2D eigenvalue weighted by Crippen LogP contribution is 2.28. The third kappa shape index (κ3) is 8.68. The van der Waals surface area contributed by atoms with Gasteiger partial charge in [0.1, 0.15) is 17.2 Å². The average Bonchev–Trinajstić information content (AvgIpc) is 2.87. The zero-order valence-electron chi connectivity index (χ0n) is 23.2. The first-order valence-corrected chi connectivity index (χ1v) is 12.8. The Balaban J connectivity index is 1.61. The first-order valence-electron chi connectivity index (χ1n) is 12.8. The summed E-state index contributed by atoms with van der Waals surface area (Å²) in [6.07, 6.45) is 6.28. The van der Waals surface area contributed by atoms with Crippen LogP contribution in [-0.4, -0.2) is 15.0 Å². The van der Waals surface area contributed by atoms with Gasteiger partial charge in [-0.15, -0.1) is 15.0 Å². The number of rotatable bonds is 9. The molecule has 1 aromatic heterocycles. The third-order valence-electron chi connectivity index (χ3n) is 5.21. The van der Waals surface area contributed by atoms with Gasteiger partial charge in [0.15, 0.2) is 0 Å². The van der Waals surface area contributed by atoms with E-state index in [0.29, 0.717) is 17.2 Å². The van der Waals surface area contributed by atoms with Crippen molar-refractivity contribution in [1.29, 1.82) is 0 Å². The van der Waals surface area contributed by atoms with Crippen LogP contribution in [-0.2, 0) is 0 Å². The van der Waals surface area contributed by atoms with E-state index < -0.39 is 0 Å². The second-order valence-electron chi connectivity index (χ2n) is 9.86. The Morgan fingerprint density at radius 3 is 0.846 bits per heavy atom. The van der Waals surface area contributed by atoms with Crippen molar-refractivity contribution >= 4 is 18.2 Å². The summed E-state index contributed by atoms with van der Waals surface area (Å²) in [5.41, 5.74) is 6.89. The van der Waals surface area contributed by atoms with E-state index in [1.54, 1.807) is 0 Å². The van der Waals surface area contributed by atoms with Gasteiger partial charge in [0.2, 0.25) is 0 Å². The Morgan fingerprint density at radius 1 is 0.410 bits per heavy atom. The number of allylic oxidation sites excluding steroid dienone is 3. The number of benzene rings is 3. The van der Waals surface area contributed by atoms with E-state index in [1.807, 2.05) is 72.8 Å². The fourth-order valence-electron chi connectivity index (χ4n) is 3.67. The summed E-state index contributed by atoms with van der Waals surface area (Å²) in [5, 5.41) is 0. The van der Waals surface area contributed by atoms with Crippen molar-refractivity contribution in [2.24, 2.45) is 0 Å². The van der Waals surface area contributed by atoms with Crippen LogP contribution in [0.4, 0.5) is 0 Å². The first-order chi connectivity index (χ1) is 18.7. The minimum absolute atomic E-state index is 0.0623. The molecule has 6 nitrogen and oxygen atoms in total. The van der Waals surface area contributed by atoms with E-state index in [9.17, 15) is 0 Å². The molecule has 0 amide bonds. The Kier molecular flexibility index (Phi) is 8.90. The van der Waals surface area contributed by atoms with E-state index in [4.69, 9.17) is 14.2 Å². The molecule has 0 radical (unpaired) electrons. The molecule has 4 aromatic rings. The molecule has 0 atom stereocenters. The fraction of sp³-hybridized carbons (Fsp3) is 0.182. The lowest BCUT2D eigenvalue weighted by atomic mass is 10.1. The lowest BCUT2D eigenvalue weighted by Gasteiger charge is -2.10. The summed E-state index contributed by atoms with van der Waals surface area (Å²) in [4.78, 5) is 13.1. The number of nitrogens with zero attached hydrogens (tertiary/aromatic N) is 3. The Hall–Kier alpha value is -4.71. The molecule has 0 saturated carbocycles. The quantitative estimate of drug-likeness (QED) is 0.219. The molecule has 3 aromatic carbocycles. The van der Waals surface area contributed by atoms with Crippen LogP contribution in [0.1, 0.15) is 58.2 Å². The van der Waals surface area contributed by atoms with Crippen LogP contribution in [0.25, 0.3) is 18.2 Å². The number of ether oxygens (including phenoxy) is 3. The number of hydrogen-bond donors (Lipinski definition) is 0. The van der Waals surface area contributed by atoms with Crippen molar-refractivity contribution in [3.63, 3.8) is 0 Å². The predicted molar refractivity (Wildman–Crippen MR) is 157 cm³/mol. The van der Waals surface area contributed by atoms with Gasteiger partial charge in [0, 0.05) is 0 Å². The molecule has 0 aliphatic carbocycles. The molecule has 0 aliphatic heterocycles. The Bertz CT molecular complexity index is 1290. The van der Waals surface area contributed by atoms with Crippen LogP contribution >= 0.6 is 0 Å². The summed E-state index contributed by atoms with van der Waals surface area (Å²) >= 11 is 0. The maximum Gasteiger partial charge on any atom is 0.331 e. The largest absolute Gasteiger partial charge is 0.424 e. The second-order valence-corrected chi connectivity index (χ2v) is 9.86. The van der Waals surface area contributed by atoms with Gasteiger partial charge in [-0.1, -0.05) is 71.3 Å². The standard InChI is InChI=1S/C33H33N3O3/c1-22(2)19-25-7-13-28(14-8-25)37-31-34-32(38-29-15-9-26(10-16-29)20-23(3)4)36-33(35-31)39-30-17-11-27(12-18-30)21-24(5)6/h7-21H,1-6H3. The summed E-state index contributed by atoms with van der Waals surface area (Å²) in [5.74, 6) is 1.75. The molecule has 0 unspecified atom stereocenters. The van der Waals surface area contributed by atoms with Crippen molar-refractivity contribution in [1.82, 2.24) is 15.0 Å². The van der Waals surface area contributed by atoms with Gasteiger partial charge >= 0.3 is 18.0 Å². The van der Waals surface area contributed by atoms with E-state index in [1.165, 1.54) is 16.7 Å². The van der Waals surface area contributed by atoms with Gasteiger partial charge < -0.3 is 14.2 Å². The van der Waals surface area contributed by atoms with Crippen LogP contribution < -0.4 is 14.2 Å². The maximum absolute atomic E-state index is 5.96. The van der Waals surface area contributed by atoms with Crippen molar-refractivity contribution in [2.75, 3.05) is 0 Å². The van der Waals surface area contributed by atoms with Crippen molar-refractivity contribution in [3.8, 4) is 35.3 Å². The van der Waals surface area contributed by atoms with Gasteiger partial charge in [-0.05, 0) is 94.6 Å². The van der Waals surface area contributed by atoms with Crippen LogP contribution in [0, 0.1) is 0 Å². The van der Waals surface area contributed by atoms with Gasteiger partial charge in [0.05, 0.1) is 0 Å². The predicted octanol–water partition coefficient (Wildman–Crippen LogP) is 9.52. The summed E-state index contributed by atoms with van der Waals surface area (Å²) in [7, 11) is 0. The zero-order valence-corrected chi connectivity index (χ0v) is 23.2. The van der Waals surface area contributed by atoms with Crippen LogP contribution in [0.2, 0.25) is 0 Å². The summed E-state index contributed by atoms with van der Waals surface area (Å²) < 4.78 is 17.9. The van der Waals surface area contributed by atoms with Crippen molar-refractivity contribution in [3.05, 3.63) is 106 Å².